The smallest absolute Gasteiger partial charge is 0.133 e. The Hall–Kier alpha value is -1.05. The van der Waals surface area contributed by atoms with Crippen molar-refractivity contribution in [2.24, 2.45) is 0 Å². The lowest BCUT2D eigenvalue weighted by molar-refractivity contribution is 0.471. The first-order chi connectivity index (χ1) is 5.86. The van der Waals surface area contributed by atoms with Crippen molar-refractivity contribution in [3.8, 4) is 5.75 Å². The lowest BCUT2D eigenvalue weighted by Gasteiger charge is -2.06. The summed E-state index contributed by atoms with van der Waals surface area (Å²) in [7, 11) is 0. The van der Waals surface area contributed by atoms with Crippen LogP contribution in [0.25, 0.3) is 0 Å². The van der Waals surface area contributed by atoms with Crippen LogP contribution in [0.2, 0.25) is 0 Å². The third-order valence-electron chi connectivity index (χ3n) is 2.54. The fourth-order valence-corrected chi connectivity index (χ4v) is 1.86. The van der Waals surface area contributed by atoms with Crippen molar-refractivity contribution in [2.45, 2.75) is 31.6 Å². The van der Waals surface area contributed by atoms with E-state index in [1.165, 1.54) is 31.9 Å². The van der Waals surface area contributed by atoms with E-state index in [0.29, 0.717) is 5.92 Å². The summed E-state index contributed by atoms with van der Waals surface area (Å²) in [5.41, 5.74) is 1.14. The molecule has 1 fully saturated rings. The van der Waals surface area contributed by atoms with E-state index in [4.69, 9.17) is 5.11 Å². The lowest BCUT2D eigenvalue weighted by atomic mass is 10.0. The molecule has 0 amide bonds. The summed E-state index contributed by atoms with van der Waals surface area (Å²) in [6.45, 7) is 0. The fourth-order valence-electron chi connectivity index (χ4n) is 1.86. The summed E-state index contributed by atoms with van der Waals surface area (Å²) in [6.07, 6.45) is 6.71. The predicted molar refractivity (Wildman–Crippen MR) is 47.1 cm³/mol. The third-order valence-corrected chi connectivity index (χ3v) is 2.54. The third kappa shape index (κ3) is 1.42. The summed E-state index contributed by atoms with van der Waals surface area (Å²) in [5, 5.41) is 9.04. The van der Waals surface area contributed by atoms with E-state index >= 15 is 0 Å². The second-order valence-electron chi connectivity index (χ2n) is 3.42. The minimum absolute atomic E-state index is 0.261. The molecule has 0 radical (unpaired) electrons. The van der Waals surface area contributed by atoms with Crippen molar-refractivity contribution in [2.75, 3.05) is 0 Å². The molecular weight excluding hydrogens is 150 g/mol. The predicted octanol–water partition coefficient (Wildman–Crippen LogP) is 2.44. The van der Waals surface area contributed by atoms with Crippen LogP contribution in [0, 0.1) is 0 Å². The highest BCUT2D eigenvalue weighted by atomic mass is 16.3. The molecule has 12 heavy (non-hydrogen) atoms. The van der Waals surface area contributed by atoms with Gasteiger partial charge < -0.3 is 5.11 Å². The molecule has 1 aromatic heterocycles. The van der Waals surface area contributed by atoms with Gasteiger partial charge in [0.2, 0.25) is 0 Å². The molecule has 2 nitrogen and oxygen atoms in total. The van der Waals surface area contributed by atoms with E-state index in [-0.39, 0.29) is 5.75 Å². The number of rotatable bonds is 1. The second-order valence-corrected chi connectivity index (χ2v) is 3.42. The van der Waals surface area contributed by atoms with Crippen LogP contribution >= 0.6 is 0 Å². The zero-order chi connectivity index (χ0) is 8.39. The number of aromatic hydroxyl groups is 1. The first-order valence-electron chi connectivity index (χ1n) is 4.51. The average molecular weight is 163 g/mol. The van der Waals surface area contributed by atoms with Gasteiger partial charge in [-0.25, -0.2) is 0 Å². The van der Waals surface area contributed by atoms with Gasteiger partial charge in [0.1, 0.15) is 5.75 Å². The molecule has 0 aromatic carbocycles. The van der Waals surface area contributed by atoms with Crippen LogP contribution in [0.15, 0.2) is 18.3 Å². The maximum absolute atomic E-state index is 9.04. The molecule has 1 aliphatic rings. The Morgan fingerprint density at radius 2 is 2.00 bits per heavy atom. The van der Waals surface area contributed by atoms with Gasteiger partial charge >= 0.3 is 0 Å². The Bertz CT molecular complexity index is 249. The average Bonchev–Trinajstić information content (AvgIpc) is 2.58. The topological polar surface area (TPSA) is 33.1 Å². The highest BCUT2D eigenvalue weighted by Crippen LogP contribution is 2.33. The van der Waals surface area contributed by atoms with Gasteiger partial charge in [-0.05, 0) is 25.0 Å². The summed E-state index contributed by atoms with van der Waals surface area (Å²) >= 11 is 0. The number of pyridine rings is 1. The van der Waals surface area contributed by atoms with Crippen LogP contribution in [-0.2, 0) is 0 Å². The standard InChI is InChI=1S/C10H13NO/c12-9-5-6-10(11-7-9)8-3-1-2-4-8/h5-8,12H,1-4H2. The molecule has 1 saturated carbocycles. The van der Waals surface area contributed by atoms with E-state index < -0.39 is 0 Å². The van der Waals surface area contributed by atoms with Crippen molar-refractivity contribution in [1.29, 1.82) is 0 Å². The van der Waals surface area contributed by atoms with Crippen LogP contribution in [0.4, 0.5) is 0 Å². The Morgan fingerprint density at radius 1 is 1.25 bits per heavy atom. The Kier molecular flexibility index (Phi) is 1.98. The van der Waals surface area contributed by atoms with E-state index in [1.807, 2.05) is 6.07 Å². The minimum Gasteiger partial charge on any atom is -0.506 e. The van der Waals surface area contributed by atoms with Gasteiger partial charge in [0.25, 0.3) is 0 Å². The highest BCUT2D eigenvalue weighted by Gasteiger charge is 2.17. The fraction of sp³-hybridized carbons (Fsp3) is 0.500. The van der Waals surface area contributed by atoms with Crippen molar-refractivity contribution < 1.29 is 5.11 Å². The minimum atomic E-state index is 0.261. The van der Waals surface area contributed by atoms with Gasteiger partial charge in [-0.1, -0.05) is 12.8 Å². The number of hydrogen-bond acceptors (Lipinski definition) is 2. The molecule has 2 rings (SSSR count). The maximum Gasteiger partial charge on any atom is 0.133 e. The molecule has 1 aliphatic carbocycles. The van der Waals surface area contributed by atoms with Gasteiger partial charge in [0.05, 0.1) is 6.20 Å². The van der Waals surface area contributed by atoms with Crippen LogP contribution in [0.3, 0.4) is 0 Å². The van der Waals surface area contributed by atoms with E-state index in [0.717, 1.165) is 5.69 Å². The second kappa shape index (κ2) is 3.13. The quantitative estimate of drug-likeness (QED) is 0.689. The SMILES string of the molecule is Oc1ccc(C2CCCC2)nc1. The molecule has 0 unspecified atom stereocenters. The van der Waals surface area contributed by atoms with Gasteiger partial charge in [0.15, 0.2) is 0 Å². The Balaban J connectivity index is 2.17. The van der Waals surface area contributed by atoms with Crippen molar-refractivity contribution >= 4 is 0 Å². The molecule has 0 spiro atoms. The van der Waals surface area contributed by atoms with Gasteiger partial charge in [0, 0.05) is 11.6 Å². The van der Waals surface area contributed by atoms with E-state index in [1.54, 1.807) is 6.07 Å². The van der Waals surface area contributed by atoms with Crippen LogP contribution < -0.4 is 0 Å². The summed E-state index contributed by atoms with van der Waals surface area (Å²) < 4.78 is 0. The number of nitrogens with zero attached hydrogens (tertiary/aromatic N) is 1. The highest BCUT2D eigenvalue weighted by molar-refractivity contribution is 5.20. The number of hydrogen-bond donors (Lipinski definition) is 1. The normalized spacial score (nSPS) is 18.3. The maximum atomic E-state index is 9.04. The zero-order valence-electron chi connectivity index (χ0n) is 7.03. The molecule has 64 valence electrons. The summed E-state index contributed by atoms with van der Waals surface area (Å²) in [5.74, 6) is 0.905. The zero-order valence-corrected chi connectivity index (χ0v) is 7.03. The van der Waals surface area contributed by atoms with E-state index in [2.05, 4.69) is 4.98 Å². The summed E-state index contributed by atoms with van der Waals surface area (Å²) in [6, 6.07) is 3.66. The molecule has 0 bridgehead atoms. The van der Waals surface area contributed by atoms with Crippen LogP contribution in [0.5, 0.6) is 5.75 Å². The molecule has 2 heteroatoms. The van der Waals surface area contributed by atoms with Crippen LogP contribution in [0.1, 0.15) is 37.3 Å². The van der Waals surface area contributed by atoms with Crippen molar-refractivity contribution in [3.05, 3.63) is 24.0 Å². The van der Waals surface area contributed by atoms with Gasteiger partial charge in [-0.3, -0.25) is 4.98 Å². The Labute approximate surface area is 72.3 Å². The molecule has 1 aromatic rings. The number of aromatic nitrogens is 1. The molecular formula is C10H13NO. The monoisotopic (exact) mass is 163 g/mol. The lowest BCUT2D eigenvalue weighted by Crippen LogP contribution is -1.94. The molecule has 1 N–H and O–H groups in total. The molecule has 0 aliphatic heterocycles. The van der Waals surface area contributed by atoms with Crippen molar-refractivity contribution in [1.82, 2.24) is 4.98 Å². The molecule has 0 atom stereocenters. The molecule has 1 heterocycles. The first-order valence-corrected chi connectivity index (χ1v) is 4.51. The Morgan fingerprint density at radius 3 is 2.58 bits per heavy atom. The van der Waals surface area contributed by atoms with Crippen LogP contribution in [-0.4, -0.2) is 10.1 Å². The first kappa shape index (κ1) is 7.59. The van der Waals surface area contributed by atoms with Crippen molar-refractivity contribution in [3.63, 3.8) is 0 Å². The molecule has 0 saturated heterocycles. The van der Waals surface area contributed by atoms with E-state index in [9.17, 15) is 0 Å². The van der Waals surface area contributed by atoms with Gasteiger partial charge in [-0.15, -0.1) is 0 Å². The van der Waals surface area contributed by atoms with Gasteiger partial charge in [-0.2, -0.15) is 0 Å². The summed E-state index contributed by atoms with van der Waals surface area (Å²) in [4.78, 5) is 4.21. The largest absolute Gasteiger partial charge is 0.506 e.